The van der Waals surface area contributed by atoms with E-state index in [1.165, 1.54) is 0 Å². The van der Waals surface area contributed by atoms with E-state index in [0.717, 1.165) is 59.8 Å². The van der Waals surface area contributed by atoms with Gasteiger partial charge in [0.25, 0.3) is 5.91 Å². The quantitative estimate of drug-likeness (QED) is 0.820. The van der Waals surface area contributed by atoms with Gasteiger partial charge in [-0.05, 0) is 53.3 Å². The highest BCUT2D eigenvalue weighted by atomic mass is 16.3. The summed E-state index contributed by atoms with van der Waals surface area (Å²) in [5.41, 5.74) is 5.32. The van der Waals surface area contributed by atoms with E-state index >= 15 is 0 Å². The average Bonchev–Trinajstić information content (AvgIpc) is 3.44. The van der Waals surface area contributed by atoms with Crippen LogP contribution in [0.25, 0.3) is 16.7 Å². The van der Waals surface area contributed by atoms with Gasteiger partial charge in [-0.2, -0.15) is 0 Å². The van der Waals surface area contributed by atoms with Crippen molar-refractivity contribution < 1.29 is 9.21 Å². The van der Waals surface area contributed by atoms with Gasteiger partial charge < -0.3 is 14.6 Å². The first-order valence-corrected chi connectivity index (χ1v) is 10.8. The van der Waals surface area contributed by atoms with Crippen LogP contribution >= 0.6 is 0 Å². The van der Waals surface area contributed by atoms with Gasteiger partial charge in [0.05, 0.1) is 5.70 Å². The summed E-state index contributed by atoms with van der Waals surface area (Å²) in [7, 11) is 0. The fourth-order valence-electron chi connectivity index (χ4n) is 4.98. The van der Waals surface area contributed by atoms with Crippen LogP contribution in [-0.4, -0.2) is 46.9 Å². The van der Waals surface area contributed by atoms with E-state index in [1.54, 1.807) is 11.0 Å². The van der Waals surface area contributed by atoms with Gasteiger partial charge in [0.15, 0.2) is 11.5 Å². The standard InChI is InChI=1S/C25H24N4O2/c1-16-27-23-8-5-18(9-24(23)31-16)17-3-2-4-21-6-7-22(15-29(21)25(30)10-17)28-13-19-11-26-12-20(19)14-28/h2-10,15,19-20,26H,11-14H2,1H3/b3-2?,17-10?,21-4+/t19-,20+. The molecule has 6 nitrogen and oxygen atoms in total. The maximum atomic E-state index is 13.2. The third-order valence-electron chi connectivity index (χ3n) is 6.61. The van der Waals surface area contributed by atoms with Crippen LogP contribution in [0.2, 0.25) is 0 Å². The summed E-state index contributed by atoms with van der Waals surface area (Å²) in [6.07, 6.45) is 13.8. The van der Waals surface area contributed by atoms with Crippen molar-refractivity contribution in [3.8, 4) is 0 Å². The molecule has 2 aromatic rings. The first-order chi connectivity index (χ1) is 15.1. The van der Waals surface area contributed by atoms with Crippen LogP contribution < -0.4 is 5.32 Å². The number of nitrogens with zero attached hydrogens (tertiary/aromatic N) is 3. The number of hydrogen-bond donors (Lipinski definition) is 1. The van der Waals surface area contributed by atoms with E-state index in [0.29, 0.717) is 17.7 Å². The van der Waals surface area contributed by atoms with Crippen LogP contribution in [0.5, 0.6) is 0 Å². The average molecular weight is 412 g/mol. The maximum Gasteiger partial charge on any atom is 0.255 e. The number of carbonyl (C=O) groups is 1. The molecule has 0 aliphatic carbocycles. The second-order valence-electron chi connectivity index (χ2n) is 8.64. The zero-order chi connectivity index (χ0) is 20.9. The molecule has 1 aromatic heterocycles. The van der Waals surface area contributed by atoms with Crippen molar-refractivity contribution in [2.45, 2.75) is 6.92 Å². The Kier molecular flexibility index (Phi) is 4.21. The Balaban J connectivity index is 1.31. The van der Waals surface area contributed by atoms with Crippen molar-refractivity contribution in [1.82, 2.24) is 20.1 Å². The molecular weight excluding hydrogens is 388 g/mol. The van der Waals surface area contributed by atoms with Gasteiger partial charge in [0.1, 0.15) is 5.52 Å². The smallest absolute Gasteiger partial charge is 0.255 e. The summed E-state index contributed by atoms with van der Waals surface area (Å²) < 4.78 is 5.67. The molecule has 1 aromatic carbocycles. The number of fused-ring (bicyclic) bond motifs is 3. The molecule has 2 saturated heterocycles. The summed E-state index contributed by atoms with van der Waals surface area (Å²) in [6, 6.07) is 5.86. The molecule has 4 aliphatic heterocycles. The molecule has 4 aliphatic rings. The molecule has 6 rings (SSSR count). The highest BCUT2D eigenvalue weighted by molar-refractivity contribution is 6.00. The molecule has 0 radical (unpaired) electrons. The zero-order valence-electron chi connectivity index (χ0n) is 17.4. The molecule has 1 amide bonds. The van der Waals surface area contributed by atoms with Gasteiger partial charge in [0, 0.05) is 51.1 Å². The molecule has 0 spiro atoms. The topological polar surface area (TPSA) is 61.6 Å². The van der Waals surface area contributed by atoms with Gasteiger partial charge in [-0.3, -0.25) is 9.69 Å². The largest absolute Gasteiger partial charge is 0.441 e. The number of nitrogens with one attached hydrogen (secondary N) is 1. The maximum absolute atomic E-state index is 13.2. The Morgan fingerprint density at radius 3 is 2.74 bits per heavy atom. The van der Waals surface area contributed by atoms with Crippen molar-refractivity contribution in [3.05, 3.63) is 83.7 Å². The van der Waals surface area contributed by atoms with Crippen LogP contribution in [0.3, 0.4) is 0 Å². The number of carbonyl (C=O) groups excluding carboxylic acids is 1. The van der Waals surface area contributed by atoms with Gasteiger partial charge in [-0.15, -0.1) is 0 Å². The highest BCUT2D eigenvalue weighted by Crippen LogP contribution is 2.32. The molecule has 2 fully saturated rings. The Morgan fingerprint density at radius 2 is 1.90 bits per heavy atom. The van der Waals surface area contributed by atoms with Crippen molar-refractivity contribution in [2.75, 3.05) is 26.2 Å². The molecular formula is C25H24N4O2. The van der Waals surface area contributed by atoms with Gasteiger partial charge in [-0.1, -0.05) is 18.2 Å². The first kappa shape index (κ1) is 18.4. The minimum Gasteiger partial charge on any atom is -0.441 e. The number of amides is 1. The van der Waals surface area contributed by atoms with E-state index in [-0.39, 0.29) is 5.91 Å². The lowest BCUT2D eigenvalue weighted by Crippen LogP contribution is -2.31. The number of oxazole rings is 1. The normalized spacial score (nSPS) is 26.9. The van der Waals surface area contributed by atoms with Gasteiger partial charge in [0.2, 0.25) is 0 Å². The monoisotopic (exact) mass is 412 g/mol. The molecule has 6 heteroatoms. The molecule has 1 N–H and O–H groups in total. The highest BCUT2D eigenvalue weighted by Gasteiger charge is 2.37. The minimum absolute atomic E-state index is 0.0534. The molecule has 0 unspecified atom stereocenters. The van der Waals surface area contributed by atoms with Gasteiger partial charge in [-0.25, -0.2) is 4.98 Å². The van der Waals surface area contributed by atoms with Crippen molar-refractivity contribution in [1.29, 1.82) is 0 Å². The first-order valence-electron chi connectivity index (χ1n) is 10.8. The van der Waals surface area contributed by atoms with E-state index in [4.69, 9.17) is 4.42 Å². The number of hydrogen-bond acceptors (Lipinski definition) is 5. The Hall–Kier alpha value is -3.38. The lowest BCUT2D eigenvalue weighted by Gasteiger charge is -2.29. The molecule has 31 heavy (non-hydrogen) atoms. The fraction of sp³-hybridized carbons (Fsp3) is 0.280. The SMILES string of the molecule is Cc1nc2ccc(C3=CC(=O)N4C=C(N5C[C@H]6CNC[C@H]6C5)C=C/C4=C\C=C3)cc2o1. The van der Waals surface area contributed by atoms with Crippen molar-refractivity contribution >= 4 is 22.6 Å². The Morgan fingerprint density at radius 1 is 1.10 bits per heavy atom. The predicted octanol–water partition coefficient (Wildman–Crippen LogP) is 3.36. The Labute approximate surface area is 180 Å². The van der Waals surface area contributed by atoms with Gasteiger partial charge >= 0.3 is 0 Å². The number of likely N-dealkylation sites (tertiary alicyclic amines) is 1. The molecule has 2 atom stereocenters. The second-order valence-corrected chi connectivity index (χ2v) is 8.64. The molecule has 156 valence electrons. The Bertz CT molecular complexity index is 1220. The minimum atomic E-state index is -0.0534. The van der Waals surface area contributed by atoms with E-state index < -0.39 is 0 Å². The second kappa shape index (κ2) is 7.10. The van der Waals surface area contributed by atoms with Crippen LogP contribution in [0.4, 0.5) is 0 Å². The predicted molar refractivity (Wildman–Crippen MR) is 119 cm³/mol. The molecule has 5 heterocycles. The molecule has 0 bridgehead atoms. The van der Waals surface area contributed by atoms with E-state index in [2.05, 4.69) is 21.3 Å². The lowest BCUT2D eigenvalue weighted by atomic mass is 10.0. The van der Waals surface area contributed by atoms with E-state index in [9.17, 15) is 4.79 Å². The molecule has 0 saturated carbocycles. The third kappa shape index (κ3) is 3.24. The van der Waals surface area contributed by atoms with Crippen molar-refractivity contribution in [2.24, 2.45) is 11.8 Å². The summed E-state index contributed by atoms with van der Waals surface area (Å²) in [5.74, 6) is 2.00. The summed E-state index contributed by atoms with van der Waals surface area (Å²) in [5, 5.41) is 3.48. The van der Waals surface area contributed by atoms with Crippen LogP contribution in [-0.2, 0) is 4.79 Å². The number of allylic oxidation sites excluding steroid dienone is 6. The van der Waals surface area contributed by atoms with Crippen LogP contribution in [0.1, 0.15) is 11.5 Å². The number of aryl methyl sites for hydroxylation is 1. The number of aromatic nitrogens is 1. The van der Waals surface area contributed by atoms with Crippen LogP contribution in [0, 0.1) is 18.8 Å². The summed E-state index contributed by atoms with van der Waals surface area (Å²) in [6.45, 7) is 6.12. The van der Waals surface area contributed by atoms with E-state index in [1.807, 2.05) is 55.6 Å². The summed E-state index contributed by atoms with van der Waals surface area (Å²) in [4.78, 5) is 21.8. The number of benzene rings is 1. The zero-order valence-corrected chi connectivity index (χ0v) is 17.4. The lowest BCUT2D eigenvalue weighted by molar-refractivity contribution is -0.122. The number of rotatable bonds is 2. The van der Waals surface area contributed by atoms with Crippen LogP contribution in [0.15, 0.2) is 76.7 Å². The summed E-state index contributed by atoms with van der Waals surface area (Å²) >= 11 is 0. The third-order valence-corrected chi connectivity index (χ3v) is 6.61. The fourth-order valence-corrected chi connectivity index (χ4v) is 4.98. The van der Waals surface area contributed by atoms with Crippen molar-refractivity contribution in [3.63, 3.8) is 0 Å².